The van der Waals surface area contributed by atoms with Gasteiger partial charge in [0, 0.05) is 36.4 Å². The standard InChI is InChI=1S/C14H18ClN3/c1-3-18-8-7-17-14(18)9-13(16)11-5-4-6-12(15)10(11)2/h4-8,13H,3,9,16H2,1-2H3. The number of nitrogens with two attached hydrogens (primary N) is 1. The molecule has 0 aliphatic heterocycles. The average molecular weight is 264 g/mol. The molecule has 2 N–H and O–H groups in total. The molecule has 0 saturated carbocycles. The first-order valence-corrected chi connectivity index (χ1v) is 6.52. The summed E-state index contributed by atoms with van der Waals surface area (Å²) in [4.78, 5) is 4.35. The SMILES string of the molecule is CCn1ccnc1CC(N)c1cccc(Cl)c1C. The second-order valence-electron chi connectivity index (χ2n) is 4.39. The fourth-order valence-corrected chi connectivity index (χ4v) is 2.33. The van der Waals surface area contributed by atoms with Crippen LogP contribution in [0.5, 0.6) is 0 Å². The van der Waals surface area contributed by atoms with Gasteiger partial charge in [-0.05, 0) is 31.0 Å². The molecule has 18 heavy (non-hydrogen) atoms. The maximum absolute atomic E-state index is 6.27. The summed E-state index contributed by atoms with van der Waals surface area (Å²) in [6.07, 6.45) is 4.52. The van der Waals surface area contributed by atoms with Gasteiger partial charge < -0.3 is 10.3 Å². The highest BCUT2D eigenvalue weighted by molar-refractivity contribution is 6.31. The second-order valence-corrected chi connectivity index (χ2v) is 4.80. The molecule has 0 amide bonds. The molecular weight excluding hydrogens is 246 g/mol. The molecule has 1 aromatic heterocycles. The molecule has 4 heteroatoms. The van der Waals surface area contributed by atoms with E-state index in [1.165, 1.54) is 0 Å². The molecule has 1 aromatic carbocycles. The molecule has 1 unspecified atom stereocenters. The zero-order chi connectivity index (χ0) is 13.1. The Kier molecular flexibility index (Phi) is 4.04. The van der Waals surface area contributed by atoms with Gasteiger partial charge in [-0.15, -0.1) is 0 Å². The van der Waals surface area contributed by atoms with Crippen LogP contribution < -0.4 is 5.73 Å². The van der Waals surface area contributed by atoms with Crippen molar-refractivity contribution in [3.05, 3.63) is 52.6 Å². The van der Waals surface area contributed by atoms with E-state index in [2.05, 4.69) is 16.5 Å². The topological polar surface area (TPSA) is 43.8 Å². The summed E-state index contributed by atoms with van der Waals surface area (Å²) in [7, 11) is 0. The summed E-state index contributed by atoms with van der Waals surface area (Å²) in [5.74, 6) is 1.02. The first kappa shape index (κ1) is 13.1. The van der Waals surface area contributed by atoms with Gasteiger partial charge >= 0.3 is 0 Å². The van der Waals surface area contributed by atoms with E-state index < -0.39 is 0 Å². The summed E-state index contributed by atoms with van der Waals surface area (Å²) in [5.41, 5.74) is 8.42. The zero-order valence-corrected chi connectivity index (χ0v) is 11.5. The van der Waals surface area contributed by atoms with Gasteiger partial charge in [-0.3, -0.25) is 0 Å². The number of hydrogen-bond donors (Lipinski definition) is 1. The predicted octanol–water partition coefficient (Wildman–Crippen LogP) is 3.11. The molecule has 0 saturated heterocycles. The second kappa shape index (κ2) is 5.55. The number of rotatable bonds is 4. The molecule has 0 aliphatic carbocycles. The molecule has 1 heterocycles. The largest absolute Gasteiger partial charge is 0.335 e. The predicted molar refractivity (Wildman–Crippen MR) is 74.7 cm³/mol. The number of hydrogen-bond acceptors (Lipinski definition) is 2. The normalized spacial score (nSPS) is 12.7. The van der Waals surface area contributed by atoms with E-state index in [0.29, 0.717) is 0 Å². The van der Waals surface area contributed by atoms with Crippen molar-refractivity contribution in [2.24, 2.45) is 5.73 Å². The van der Waals surface area contributed by atoms with Crippen LogP contribution in [0.1, 0.15) is 29.9 Å². The number of imidazole rings is 1. The third-order valence-corrected chi connectivity index (χ3v) is 3.66. The third kappa shape index (κ3) is 2.57. The minimum Gasteiger partial charge on any atom is -0.335 e. The van der Waals surface area contributed by atoms with Gasteiger partial charge in [0.15, 0.2) is 0 Å². The van der Waals surface area contributed by atoms with E-state index in [1.807, 2.05) is 37.5 Å². The maximum atomic E-state index is 6.27. The lowest BCUT2D eigenvalue weighted by Crippen LogP contribution is -2.17. The molecular formula is C14H18ClN3. The summed E-state index contributed by atoms with van der Waals surface area (Å²) in [5, 5.41) is 0.766. The van der Waals surface area contributed by atoms with Crippen LogP contribution in [0.15, 0.2) is 30.6 Å². The number of aryl methyl sites for hydroxylation is 1. The molecule has 0 fully saturated rings. The highest BCUT2D eigenvalue weighted by Gasteiger charge is 2.13. The lowest BCUT2D eigenvalue weighted by atomic mass is 9.99. The smallest absolute Gasteiger partial charge is 0.110 e. The van der Waals surface area contributed by atoms with E-state index in [0.717, 1.165) is 34.9 Å². The van der Waals surface area contributed by atoms with Crippen molar-refractivity contribution in [3.63, 3.8) is 0 Å². The fourth-order valence-electron chi connectivity index (χ4n) is 2.15. The Bertz CT molecular complexity index is 534. The Balaban J connectivity index is 2.22. The highest BCUT2D eigenvalue weighted by atomic mass is 35.5. The van der Waals surface area contributed by atoms with Gasteiger partial charge in [-0.25, -0.2) is 4.98 Å². The van der Waals surface area contributed by atoms with E-state index in [1.54, 1.807) is 0 Å². The number of aromatic nitrogens is 2. The minimum absolute atomic E-state index is 0.0728. The molecule has 96 valence electrons. The van der Waals surface area contributed by atoms with Crippen LogP contribution in [0.3, 0.4) is 0 Å². The van der Waals surface area contributed by atoms with Crippen LogP contribution >= 0.6 is 11.6 Å². The molecule has 0 radical (unpaired) electrons. The molecule has 3 nitrogen and oxygen atoms in total. The minimum atomic E-state index is -0.0728. The number of nitrogens with zero attached hydrogens (tertiary/aromatic N) is 2. The van der Waals surface area contributed by atoms with Crippen molar-refractivity contribution in [3.8, 4) is 0 Å². The summed E-state index contributed by atoms with van der Waals surface area (Å²) >= 11 is 6.12. The Morgan fingerprint density at radius 2 is 2.22 bits per heavy atom. The van der Waals surface area contributed by atoms with Crippen LogP contribution in [0.2, 0.25) is 5.02 Å². The fraction of sp³-hybridized carbons (Fsp3) is 0.357. The zero-order valence-electron chi connectivity index (χ0n) is 10.7. The molecule has 2 aromatic rings. The van der Waals surface area contributed by atoms with Crippen molar-refractivity contribution < 1.29 is 0 Å². The van der Waals surface area contributed by atoms with Crippen molar-refractivity contribution in [1.82, 2.24) is 9.55 Å². The molecule has 0 spiro atoms. The van der Waals surface area contributed by atoms with E-state index >= 15 is 0 Å². The van der Waals surface area contributed by atoms with Gasteiger partial charge in [0.2, 0.25) is 0 Å². The van der Waals surface area contributed by atoms with Crippen molar-refractivity contribution in [1.29, 1.82) is 0 Å². The maximum Gasteiger partial charge on any atom is 0.110 e. The van der Waals surface area contributed by atoms with E-state index in [9.17, 15) is 0 Å². The third-order valence-electron chi connectivity index (χ3n) is 3.25. The van der Waals surface area contributed by atoms with Gasteiger partial charge in [0.1, 0.15) is 5.82 Å². The van der Waals surface area contributed by atoms with Gasteiger partial charge in [0.25, 0.3) is 0 Å². The average Bonchev–Trinajstić information content (AvgIpc) is 2.79. The lowest BCUT2D eigenvalue weighted by molar-refractivity contribution is 0.626. The van der Waals surface area contributed by atoms with Crippen LogP contribution in [0, 0.1) is 6.92 Å². The first-order valence-electron chi connectivity index (χ1n) is 6.14. The van der Waals surface area contributed by atoms with Crippen LogP contribution in [-0.4, -0.2) is 9.55 Å². The molecule has 2 rings (SSSR count). The quantitative estimate of drug-likeness (QED) is 0.921. The first-order chi connectivity index (χ1) is 8.63. The van der Waals surface area contributed by atoms with Crippen molar-refractivity contribution in [2.45, 2.75) is 32.9 Å². The van der Waals surface area contributed by atoms with Crippen LogP contribution in [-0.2, 0) is 13.0 Å². The van der Waals surface area contributed by atoms with Crippen molar-refractivity contribution >= 4 is 11.6 Å². The summed E-state index contributed by atoms with van der Waals surface area (Å²) < 4.78 is 2.11. The number of halogens is 1. The van der Waals surface area contributed by atoms with E-state index in [4.69, 9.17) is 17.3 Å². The van der Waals surface area contributed by atoms with Crippen LogP contribution in [0.4, 0.5) is 0 Å². The Morgan fingerprint density at radius 3 is 2.94 bits per heavy atom. The van der Waals surface area contributed by atoms with Crippen molar-refractivity contribution in [2.75, 3.05) is 0 Å². The van der Waals surface area contributed by atoms with E-state index in [-0.39, 0.29) is 6.04 Å². The van der Waals surface area contributed by atoms with Gasteiger partial charge in [-0.2, -0.15) is 0 Å². The number of benzene rings is 1. The Labute approximate surface area is 113 Å². The van der Waals surface area contributed by atoms with Gasteiger partial charge in [0.05, 0.1) is 0 Å². The Hall–Kier alpha value is -1.32. The highest BCUT2D eigenvalue weighted by Crippen LogP contribution is 2.24. The van der Waals surface area contributed by atoms with Gasteiger partial charge in [-0.1, -0.05) is 23.7 Å². The lowest BCUT2D eigenvalue weighted by Gasteiger charge is -2.16. The monoisotopic (exact) mass is 263 g/mol. The Morgan fingerprint density at radius 1 is 1.44 bits per heavy atom. The molecule has 0 bridgehead atoms. The summed E-state index contributed by atoms with van der Waals surface area (Å²) in [6.45, 7) is 5.02. The molecule has 1 atom stereocenters. The van der Waals surface area contributed by atoms with Crippen LogP contribution in [0.25, 0.3) is 0 Å². The molecule has 0 aliphatic rings. The summed E-state index contributed by atoms with van der Waals surface area (Å²) in [6, 6.07) is 5.79.